The van der Waals surface area contributed by atoms with Gasteiger partial charge in [0.15, 0.2) is 0 Å². The van der Waals surface area contributed by atoms with Gasteiger partial charge in [0.25, 0.3) is 0 Å². The number of rotatable bonds is 4. The van der Waals surface area contributed by atoms with E-state index in [1.54, 1.807) is 0 Å². The van der Waals surface area contributed by atoms with Crippen molar-refractivity contribution in [3.8, 4) is 0 Å². The predicted molar refractivity (Wildman–Crippen MR) is 51.5 cm³/mol. The molecule has 0 saturated heterocycles. The zero-order valence-corrected chi connectivity index (χ0v) is 8.43. The van der Waals surface area contributed by atoms with Crippen molar-refractivity contribution >= 4 is 0 Å². The van der Waals surface area contributed by atoms with E-state index in [4.69, 9.17) is 0 Å². The number of nitrogens with one attached hydrogen (secondary N) is 1. The van der Waals surface area contributed by atoms with Gasteiger partial charge in [-0.25, -0.2) is 0 Å². The van der Waals surface area contributed by atoms with Gasteiger partial charge in [-0.1, -0.05) is 6.92 Å². The summed E-state index contributed by atoms with van der Waals surface area (Å²) in [7, 11) is 0. The SMILES string of the molecule is CCNCCc1cnccc1C(F)(F)F. The summed E-state index contributed by atoms with van der Waals surface area (Å²) < 4.78 is 37.5. The van der Waals surface area contributed by atoms with Crippen LogP contribution in [0.3, 0.4) is 0 Å². The minimum absolute atomic E-state index is 0.242. The largest absolute Gasteiger partial charge is 0.416 e. The second-order valence-corrected chi connectivity index (χ2v) is 3.13. The van der Waals surface area contributed by atoms with Crippen LogP contribution in [0, 0.1) is 0 Å². The Morgan fingerprint density at radius 1 is 1.40 bits per heavy atom. The van der Waals surface area contributed by atoms with Crippen LogP contribution in [0.5, 0.6) is 0 Å². The minimum atomic E-state index is -4.29. The molecule has 0 spiro atoms. The molecule has 0 saturated carbocycles. The second kappa shape index (κ2) is 5.11. The molecule has 0 radical (unpaired) electrons. The molecule has 1 aromatic rings. The summed E-state index contributed by atoms with van der Waals surface area (Å²) in [6, 6.07) is 1.02. The smallest absolute Gasteiger partial charge is 0.317 e. The Labute approximate surface area is 86.5 Å². The van der Waals surface area contributed by atoms with E-state index in [1.165, 1.54) is 12.4 Å². The summed E-state index contributed by atoms with van der Waals surface area (Å²) >= 11 is 0. The normalized spacial score (nSPS) is 11.7. The molecular weight excluding hydrogens is 205 g/mol. The third kappa shape index (κ3) is 3.51. The van der Waals surface area contributed by atoms with E-state index in [9.17, 15) is 13.2 Å². The highest BCUT2D eigenvalue weighted by Crippen LogP contribution is 2.31. The van der Waals surface area contributed by atoms with Gasteiger partial charge in [0, 0.05) is 12.4 Å². The average molecular weight is 218 g/mol. The second-order valence-electron chi connectivity index (χ2n) is 3.13. The number of halogens is 3. The fourth-order valence-electron chi connectivity index (χ4n) is 1.30. The Balaban J connectivity index is 2.78. The highest BCUT2D eigenvalue weighted by molar-refractivity contribution is 5.26. The van der Waals surface area contributed by atoms with E-state index in [0.29, 0.717) is 13.0 Å². The first-order chi connectivity index (χ1) is 7.05. The van der Waals surface area contributed by atoms with Crippen molar-refractivity contribution in [3.05, 3.63) is 29.6 Å². The Morgan fingerprint density at radius 3 is 2.73 bits per heavy atom. The molecule has 2 nitrogen and oxygen atoms in total. The van der Waals surface area contributed by atoms with Crippen molar-refractivity contribution in [2.24, 2.45) is 0 Å². The highest BCUT2D eigenvalue weighted by atomic mass is 19.4. The third-order valence-electron chi connectivity index (χ3n) is 2.03. The van der Waals surface area contributed by atoms with Gasteiger partial charge in [-0.15, -0.1) is 0 Å². The summed E-state index contributed by atoms with van der Waals surface area (Å²) in [6.07, 6.45) is -1.50. The first-order valence-electron chi connectivity index (χ1n) is 4.76. The van der Waals surface area contributed by atoms with E-state index in [-0.39, 0.29) is 5.56 Å². The lowest BCUT2D eigenvalue weighted by Gasteiger charge is -2.11. The van der Waals surface area contributed by atoms with Crippen LogP contribution in [-0.4, -0.2) is 18.1 Å². The van der Waals surface area contributed by atoms with Crippen molar-refractivity contribution in [1.29, 1.82) is 0 Å². The molecular formula is C10H13F3N2. The van der Waals surface area contributed by atoms with Gasteiger partial charge in [-0.05, 0) is 31.1 Å². The number of likely N-dealkylation sites (N-methyl/N-ethyl adjacent to an activating group) is 1. The fraction of sp³-hybridized carbons (Fsp3) is 0.500. The summed E-state index contributed by atoms with van der Waals surface area (Å²) in [6.45, 7) is 3.20. The van der Waals surface area contributed by atoms with E-state index in [0.717, 1.165) is 12.6 Å². The summed E-state index contributed by atoms with van der Waals surface area (Å²) in [5.74, 6) is 0. The third-order valence-corrected chi connectivity index (χ3v) is 2.03. The van der Waals surface area contributed by atoms with Crippen LogP contribution in [0.15, 0.2) is 18.5 Å². The minimum Gasteiger partial charge on any atom is -0.317 e. The molecule has 0 aromatic carbocycles. The lowest BCUT2D eigenvalue weighted by Crippen LogP contribution is -2.18. The molecule has 15 heavy (non-hydrogen) atoms. The van der Waals surface area contributed by atoms with Crippen LogP contribution in [0.4, 0.5) is 13.2 Å². The zero-order valence-electron chi connectivity index (χ0n) is 8.43. The molecule has 0 fully saturated rings. The van der Waals surface area contributed by atoms with Gasteiger partial charge < -0.3 is 5.32 Å². The molecule has 0 bridgehead atoms. The number of alkyl halides is 3. The summed E-state index contributed by atoms with van der Waals surface area (Å²) in [5, 5.41) is 2.98. The summed E-state index contributed by atoms with van der Waals surface area (Å²) in [5.41, 5.74) is -0.346. The van der Waals surface area contributed by atoms with Crippen LogP contribution >= 0.6 is 0 Å². The molecule has 0 aliphatic heterocycles. The lowest BCUT2D eigenvalue weighted by atomic mass is 10.1. The van der Waals surface area contributed by atoms with Gasteiger partial charge in [0.1, 0.15) is 0 Å². The Kier molecular flexibility index (Phi) is 4.08. The van der Waals surface area contributed by atoms with Crippen LogP contribution in [0.25, 0.3) is 0 Å². The van der Waals surface area contributed by atoms with E-state index >= 15 is 0 Å². The van der Waals surface area contributed by atoms with Crippen molar-refractivity contribution in [3.63, 3.8) is 0 Å². The molecule has 0 amide bonds. The van der Waals surface area contributed by atoms with Gasteiger partial charge in [-0.3, -0.25) is 4.98 Å². The summed E-state index contributed by atoms with van der Waals surface area (Å²) in [4.78, 5) is 3.71. The molecule has 1 aromatic heterocycles. The number of hydrogen-bond acceptors (Lipinski definition) is 2. The molecule has 0 atom stereocenters. The van der Waals surface area contributed by atoms with Crippen LogP contribution < -0.4 is 5.32 Å². The van der Waals surface area contributed by atoms with Gasteiger partial charge in [0.2, 0.25) is 0 Å². The van der Waals surface area contributed by atoms with Crippen LogP contribution in [0.1, 0.15) is 18.1 Å². The first kappa shape index (κ1) is 12.0. The van der Waals surface area contributed by atoms with Crippen molar-refractivity contribution < 1.29 is 13.2 Å². The quantitative estimate of drug-likeness (QED) is 0.784. The molecule has 1 heterocycles. The van der Waals surface area contributed by atoms with Gasteiger partial charge in [0.05, 0.1) is 5.56 Å². The lowest BCUT2D eigenvalue weighted by molar-refractivity contribution is -0.138. The fourth-order valence-corrected chi connectivity index (χ4v) is 1.30. The average Bonchev–Trinajstić information content (AvgIpc) is 2.17. The predicted octanol–water partition coefficient (Wildman–Crippen LogP) is 2.25. The van der Waals surface area contributed by atoms with E-state index < -0.39 is 11.7 Å². The van der Waals surface area contributed by atoms with Gasteiger partial charge >= 0.3 is 6.18 Å². The molecule has 1 N–H and O–H groups in total. The van der Waals surface area contributed by atoms with E-state index in [1.807, 2.05) is 6.92 Å². The standard InChI is InChI=1S/C10H13F3N2/c1-2-14-5-3-8-7-15-6-4-9(8)10(11,12)13/h4,6-7,14H,2-3,5H2,1H3. The van der Waals surface area contributed by atoms with Crippen molar-refractivity contribution in [2.45, 2.75) is 19.5 Å². The van der Waals surface area contributed by atoms with E-state index in [2.05, 4.69) is 10.3 Å². The molecule has 0 aliphatic rings. The number of hydrogen-bond donors (Lipinski definition) is 1. The molecule has 84 valence electrons. The number of aromatic nitrogens is 1. The molecule has 0 aliphatic carbocycles. The van der Waals surface area contributed by atoms with Gasteiger partial charge in [-0.2, -0.15) is 13.2 Å². The first-order valence-corrected chi connectivity index (χ1v) is 4.76. The topological polar surface area (TPSA) is 24.9 Å². The Morgan fingerprint density at radius 2 is 2.13 bits per heavy atom. The molecule has 1 rings (SSSR count). The zero-order chi connectivity index (χ0) is 11.3. The van der Waals surface area contributed by atoms with Crippen molar-refractivity contribution in [2.75, 3.05) is 13.1 Å². The molecule has 5 heteroatoms. The van der Waals surface area contributed by atoms with Crippen LogP contribution in [-0.2, 0) is 12.6 Å². The van der Waals surface area contributed by atoms with Crippen LogP contribution in [0.2, 0.25) is 0 Å². The Hall–Kier alpha value is -1.10. The highest BCUT2D eigenvalue weighted by Gasteiger charge is 2.32. The molecule has 0 unspecified atom stereocenters. The maximum absolute atomic E-state index is 12.5. The number of pyridine rings is 1. The maximum Gasteiger partial charge on any atom is 0.416 e. The monoisotopic (exact) mass is 218 g/mol. The Bertz CT molecular complexity index is 310. The number of nitrogens with zero attached hydrogens (tertiary/aromatic N) is 1. The maximum atomic E-state index is 12.5. The van der Waals surface area contributed by atoms with Crippen molar-refractivity contribution in [1.82, 2.24) is 10.3 Å².